The molecule has 8 nitrogen and oxygen atoms in total. The van der Waals surface area contributed by atoms with Crippen molar-refractivity contribution in [2.45, 2.75) is 49.7 Å². The normalized spacial score (nSPS) is 15.4. The number of carbonyl (C=O) groups is 1. The molecule has 1 aromatic heterocycles. The Morgan fingerprint density at radius 1 is 1.10 bits per heavy atom. The van der Waals surface area contributed by atoms with Crippen LogP contribution in [0, 0.1) is 0 Å². The highest BCUT2D eigenvalue weighted by Gasteiger charge is 2.26. The number of piperidine rings is 1. The van der Waals surface area contributed by atoms with E-state index >= 15 is 0 Å². The van der Waals surface area contributed by atoms with Crippen LogP contribution in [-0.2, 0) is 26.1 Å². The molecular formula is C19H26N4O4S2. The molecule has 0 atom stereocenters. The number of hydrogen-bond acceptors (Lipinski definition) is 7. The first-order valence-corrected chi connectivity index (χ1v) is 12.2. The van der Waals surface area contributed by atoms with Gasteiger partial charge in [-0.05, 0) is 51.0 Å². The summed E-state index contributed by atoms with van der Waals surface area (Å²) in [5.41, 5.74) is 0.778. The molecule has 1 fully saturated rings. The first-order valence-electron chi connectivity index (χ1n) is 9.79. The van der Waals surface area contributed by atoms with Crippen molar-refractivity contribution >= 4 is 27.8 Å². The molecule has 0 N–H and O–H groups in total. The molecule has 0 unspecified atom stereocenters. The second kappa shape index (κ2) is 9.73. The molecule has 0 amide bonds. The average molecular weight is 439 g/mol. The molecule has 0 saturated carbocycles. The lowest BCUT2D eigenvalue weighted by atomic mass is 10.2. The first kappa shape index (κ1) is 21.8. The van der Waals surface area contributed by atoms with Crippen molar-refractivity contribution in [2.75, 3.05) is 25.4 Å². The second-order valence-corrected chi connectivity index (χ2v) is 9.51. The summed E-state index contributed by atoms with van der Waals surface area (Å²) in [6, 6.07) is 6.76. The maximum absolute atomic E-state index is 12.8. The minimum Gasteiger partial charge on any atom is -0.465 e. The number of rotatable bonds is 8. The predicted molar refractivity (Wildman–Crippen MR) is 111 cm³/mol. The molecule has 0 spiro atoms. The van der Waals surface area contributed by atoms with E-state index in [-0.39, 0.29) is 11.7 Å². The average Bonchev–Trinajstić information content (AvgIpc) is 3.16. The minimum atomic E-state index is -3.46. The Morgan fingerprint density at radius 2 is 1.79 bits per heavy atom. The van der Waals surface area contributed by atoms with E-state index in [9.17, 15) is 13.2 Å². The fourth-order valence-electron chi connectivity index (χ4n) is 3.25. The monoisotopic (exact) mass is 438 g/mol. The number of esters is 1. The van der Waals surface area contributed by atoms with Crippen LogP contribution >= 0.6 is 11.8 Å². The van der Waals surface area contributed by atoms with Crippen LogP contribution in [0.1, 0.15) is 33.1 Å². The lowest BCUT2D eigenvalue weighted by Crippen LogP contribution is -2.35. The predicted octanol–water partition coefficient (Wildman–Crippen LogP) is 2.79. The molecule has 3 rings (SSSR count). The maximum Gasteiger partial charge on any atom is 0.316 e. The maximum atomic E-state index is 12.8. The third-order valence-corrected chi connectivity index (χ3v) is 7.58. The molecule has 0 aliphatic carbocycles. The van der Waals surface area contributed by atoms with Gasteiger partial charge in [-0.15, -0.1) is 10.2 Å². The van der Waals surface area contributed by atoms with Crippen molar-refractivity contribution < 1.29 is 17.9 Å². The number of carbonyl (C=O) groups excluding carboxylic acids is 1. The molecule has 0 radical (unpaired) electrons. The van der Waals surface area contributed by atoms with Gasteiger partial charge in [0.1, 0.15) is 0 Å². The van der Waals surface area contributed by atoms with Crippen LogP contribution in [0.2, 0.25) is 0 Å². The highest BCUT2D eigenvalue weighted by molar-refractivity contribution is 7.99. The fraction of sp³-hybridized carbons (Fsp3) is 0.526. The van der Waals surface area contributed by atoms with Gasteiger partial charge in [-0.3, -0.25) is 4.79 Å². The number of benzene rings is 1. The van der Waals surface area contributed by atoms with Gasteiger partial charge in [-0.25, -0.2) is 8.42 Å². The number of nitrogens with zero attached hydrogens (tertiary/aromatic N) is 4. The highest BCUT2D eigenvalue weighted by Crippen LogP contribution is 2.26. The molecule has 1 aromatic carbocycles. The zero-order valence-electron chi connectivity index (χ0n) is 16.7. The third kappa shape index (κ3) is 4.99. The third-order valence-electron chi connectivity index (χ3n) is 4.72. The minimum absolute atomic E-state index is 0.166. The van der Waals surface area contributed by atoms with Crippen molar-refractivity contribution in [1.29, 1.82) is 0 Å². The standard InChI is InChI=1S/C19H26N4O4S2/c1-3-23-18(20-21-19(23)28-14-17(24)27-4-2)15-8-10-16(11-9-15)29(25,26)22-12-6-5-7-13-22/h8-11H,3-7,12-14H2,1-2H3. The van der Waals surface area contributed by atoms with Crippen molar-refractivity contribution in [1.82, 2.24) is 19.1 Å². The van der Waals surface area contributed by atoms with Crippen LogP contribution in [0.3, 0.4) is 0 Å². The van der Waals surface area contributed by atoms with Crippen LogP contribution in [0.4, 0.5) is 0 Å². The molecule has 1 saturated heterocycles. The zero-order valence-corrected chi connectivity index (χ0v) is 18.3. The van der Waals surface area contributed by atoms with Gasteiger partial charge < -0.3 is 9.30 Å². The molecule has 0 bridgehead atoms. The summed E-state index contributed by atoms with van der Waals surface area (Å²) in [4.78, 5) is 11.9. The largest absolute Gasteiger partial charge is 0.465 e. The topological polar surface area (TPSA) is 94.4 Å². The van der Waals surface area contributed by atoms with Gasteiger partial charge in [0.15, 0.2) is 11.0 Å². The van der Waals surface area contributed by atoms with Gasteiger partial charge in [-0.2, -0.15) is 4.31 Å². The van der Waals surface area contributed by atoms with Crippen LogP contribution in [0.25, 0.3) is 11.4 Å². The van der Waals surface area contributed by atoms with Gasteiger partial charge in [0.25, 0.3) is 0 Å². The quantitative estimate of drug-likeness (QED) is 0.462. The lowest BCUT2D eigenvalue weighted by molar-refractivity contribution is -0.139. The summed E-state index contributed by atoms with van der Waals surface area (Å²) in [6.07, 6.45) is 2.89. The molecule has 2 heterocycles. The lowest BCUT2D eigenvalue weighted by Gasteiger charge is -2.25. The SMILES string of the molecule is CCOC(=O)CSc1nnc(-c2ccc(S(=O)(=O)N3CCCCC3)cc2)n1CC. The van der Waals surface area contributed by atoms with E-state index in [1.54, 1.807) is 35.5 Å². The summed E-state index contributed by atoms with van der Waals surface area (Å²) in [6.45, 7) is 5.87. The Kier molecular flexibility index (Phi) is 7.31. The summed E-state index contributed by atoms with van der Waals surface area (Å²) < 4.78 is 34.0. The Balaban J connectivity index is 1.78. The molecule has 29 heavy (non-hydrogen) atoms. The van der Waals surface area contributed by atoms with Crippen molar-refractivity contribution in [3.05, 3.63) is 24.3 Å². The van der Waals surface area contributed by atoms with E-state index in [4.69, 9.17) is 4.74 Å². The molecule has 158 valence electrons. The zero-order chi connectivity index (χ0) is 20.9. The van der Waals surface area contributed by atoms with E-state index in [2.05, 4.69) is 10.2 Å². The fourth-order valence-corrected chi connectivity index (χ4v) is 5.57. The smallest absolute Gasteiger partial charge is 0.316 e. The highest BCUT2D eigenvalue weighted by atomic mass is 32.2. The Bertz CT molecular complexity index is 936. The van der Waals surface area contributed by atoms with Crippen LogP contribution in [0.5, 0.6) is 0 Å². The number of aromatic nitrogens is 3. The van der Waals surface area contributed by atoms with Crippen LogP contribution in [0.15, 0.2) is 34.3 Å². The van der Waals surface area contributed by atoms with E-state index in [1.165, 1.54) is 11.8 Å². The van der Waals surface area contributed by atoms with Crippen LogP contribution < -0.4 is 0 Å². The molecule has 1 aliphatic rings. The summed E-state index contributed by atoms with van der Waals surface area (Å²) in [5.74, 6) is 0.511. The van der Waals surface area contributed by atoms with Crippen molar-refractivity contribution in [2.24, 2.45) is 0 Å². The van der Waals surface area contributed by atoms with E-state index in [0.717, 1.165) is 24.8 Å². The van der Waals surface area contributed by atoms with Gasteiger partial charge in [0.05, 0.1) is 17.3 Å². The Labute approximate surface area is 175 Å². The second-order valence-electron chi connectivity index (χ2n) is 6.63. The van der Waals surface area contributed by atoms with Gasteiger partial charge >= 0.3 is 5.97 Å². The first-order chi connectivity index (χ1) is 14.0. The number of thioether (sulfide) groups is 1. The van der Waals surface area contributed by atoms with Crippen molar-refractivity contribution in [3.63, 3.8) is 0 Å². The number of hydrogen-bond donors (Lipinski definition) is 0. The Morgan fingerprint density at radius 3 is 2.41 bits per heavy atom. The number of sulfonamides is 1. The van der Waals surface area contributed by atoms with Gasteiger partial charge in [0.2, 0.25) is 10.0 Å². The molecular weight excluding hydrogens is 412 g/mol. The number of ether oxygens (including phenoxy) is 1. The van der Waals surface area contributed by atoms with Gasteiger partial charge in [-0.1, -0.05) is 18.2 Å². The summed E-state index contributed by atoms with van der Waals surface area (Å²) in [7, 11) is -3.46. The van der Waals surface area contributed by atoms with Gasteiger partial charge in [0, 0.05) is 25.2 Å². The summed E-state index contributed by atoms with van der Waals surface area (Å²) >= 11 is 1.27. The Hall–Kier alpha value is -1.91. The summed E-state index contributed by atoms with van der Waals surface area (Å²) in [5, 5.41) is 9.05. The van der Waals surface area contributed by atoms with E-state index in [1.807, 2.05) is 11.5 Å². The molecule has 2 aromatic rings. The van der Waals surface area contributed by atoms with Crippen LogP contribution in [-0.4, -0.2) is 58.9 Å². The molecule has 10 heteroatoms. The molecule has 1 aliphatic heterocycles. The van der Waals surface area contributed by atoms with E-state index in [0.29, 0.717) is 42.1 Å². The van der Waals surface area contributed by atoms with Crippen molar-refractivity contribution in [3.8, 4) is 11.4 Å². The van der Waals surface area contributed by atoms with E-state index < -0.39 is 10.0 Å².